The second-order valence-corrected chi connectivity index (χ2v) is 6.86. The lowest BCUT2D eigenvalue weighted by Crippen LogP contribution is -2.42. The second-order valence-electron chi connectivity index (χ2n) is 5.97. The van der Waals surface area contributed by atoms with Crippen LogP contribution in [0.2, 0.25) is 0 Å². The minimum absolute atomic E-state index is 0.0880. The van der Waals surface area contributed by atoms with Crippen LogP contribution in [0.25, 0.3) is 0 Å². The Morgan fingerprint density at radius 1 is 1.29 bits per heavy atom. The maximum Gasteiger partial charge on any atom is 0.315 e. The lowest BCUT2D eigenvalue weighted by atomic mass is 10.0. The number of hydrogen-bond acceptors (Lipinski definition) is 4. The van der Waals surface area contributed by atoms with Gasteiger partial charge in [-0.25, -0.2) is 9.78 Å². The van der Waals surface area contributed by atoms with E-state index in [9.17, 15) is 9.90 Å². The summed E-state index contributed by atoms with van der Waals surface area (Å²) >= 11 is 1.56. The molecule has 5 nitrogen and oxygen atoms in total. The smallest absolute Gasteiger partial charge is 0.315 e. The van der Waals surface area contributed by atoms with E-state index in [1.807, 2.05) is 56.5 Å². The average Bonchev–Trinajstić information content (AvgIpc) is 2.99. The number of aromatic nitrogens is 1. The van der Waals surface area contributed by atoms with E-state index < -0.39 is 6.10 Å². The number of rotatable bonds is 7. The fourth-order valence-corrected chi connectivity index (χ4v) is 3.43. The Morgan fingerprint density at radius 2 is 2.00 bits per heavy atom. The summed E-state index contributed by atoms with van der Waals surface area (Å²) in [5.41, 5.74) is 1.83. The minimum Gasteiger partial charge on any atom is -0.388 e. The van der Waals surface area contributed by atoms with Gasteiger partial charge in [0, 0.05) is 17.1 Å². The third-order valence-electron chi connectivity index (χ3n) is 3.79. The van der Waals surface area contributed by atoms with Crippen LogP contribution in [0.4, 0.5) is 4.79 Å². The molecule has 1 aromatic carbocycles. The number of hydrogen-bond donors (Lipinski definition) is 3. The first kappa shape index (κ1) is 18.4. The van der Waals surface area contributed by atoms with Crippen LogP contribution in [0.15, 0.2) is 35.7 Å². The van der Waals surface area contributed by atoms with Crippen LogP contribution in [0.1, 0.15) is 55.1 Å². The van der Waals surface area contributed by atoms with Crippen LogP contribution in [0, 0.1) is 6.92 Å². The molecule has 0 saturated carbocycles. The molecule has 0 fully saturated rings. The molecule has 2 amide bonds. The number of nitrogens with zero attached hydrogens (tertiary/aromatic N) is 1. The number of aliphatic hydroxyl groups is 1. The standard InChI is InChI=1S/C18H25N3O2S/c1-4-15(17-19-13(3)11-24-17)21-18(23)20-12(2)10-16(22)14-8-6-5-7-9-14/h5-9,11-12,15-16,22H,4,10H2,1-3H3,(H2,20,21,23)/t12-,15+,16+/m1/s1. The lowest BCUT2D eigenvalue weighted by Gasteiger charge is -2.21. The van der Waals surface area contributed by atoms with Crippen molar-refractivity contribution in [3.05, 3.63) is 52.0 Å². The molecular weight excluding hydrogens is 322 g/mol. The van der Waals surface area contributed by atoms with Gasteiger partial charge in [0.15, 0.2) is 0 Å². The van der Waals surface area contributed by atoms with Gasteiger partial charge in [-0.2, -0.15) is 0 Å². The summed E-state index contributed by atoms with van der Waals surface area (Å²) in [6.45, 7) is 5.85. The number of aliphatic hydroxyl groups excluding tert-OH is 1. The van der Waals surface area contributed by atoms with Gasteiger partial charge >= 0.3 is 6.03 Å². The van der Waals surface area contributed by atoms with Crippen LogP contribution in [0.5, 0.6) is 0 Å². The molecule has 24 heavy (non-hydrogen) atoms. The summed E-state index contributed by atoms with van der Waals surface area (Å²) in [7, 11) is 0. The van der Waals surface area contributed by atoms with Gasteiger partial charge in [0.1, 0.15) is 5.01 Å². The molecule has 0 radical (unpaired) electrons. The predicted octanol–water partition coefficient (Wildman–Crippen LogP) is 3.71. The van der Waals surface area contributed by atoms with Gasteiger partial charge in [-0.3, -0.25) is 0 Å². The number of thiazole rings is 1. The largest absolute Gasteiger partial charge is 0.388 e. The quantitative estimate of drug-likeness (QED) is 0.715. The lowest BCUT2D eigenvalue weighted by molar-refractivity contribution is 0.154. The Morgan fingerprint density at radius 3 is 2.58 bits per heavy atom. The van der Waals surface area contributed by atoms with Crippen LogP contribution >= 0.6 is 11.3 Å². The minimum atomic E-state index is -0.593. The van der Waals surface area contributed by atoms with Crippen molar-refractivity contribution < 1.29 is 9.90 Å². The molecule has 0 saturated heterocycles. The molecule has 1 aromatic heterocycles. The monoisotopic (exact) mass is 347 g/mol. The van der Waals surface area contributed by atoms with E-state index in [0.29, 0.717) is 6.42 Å². The van der Waals surface area contributed by atoms with E-state index in [1.54, 1.807) is 11.3 Å². The first-order valence-electron chi connectivity index (χ1n) is 8.21. The number of aryl methyl sites for hydroxylation is 1. The van der Waals surface area contributed by atoms with Gasteiger partial charge in [0.05, 0.1) is 12.1 Å². The molecular formula is C18H25N3O2S. The van der Waals surface area contributed by atoms with E-state index in [1.165, 1.54) is 0 Å². The average molecular weight is 347 g/mol. The van der Waals surface area contributed by atoms with E-state index in [-0.39, 0.29) is 18.1 Å². The normalized spacial score (nSPS) is 14.7. The summed E-state index contributed by atoms with van der Waals surface area (Å²) in [5.74, 6) is 0. The summed E-state index contributed by atoms with van der Waals surface area (Å²) < 4.78 is 0. The highest BCUT2D eigenvalue weighted by Gasteiger charge is 2.18. The van der Waals surface area contributed by atoms with Crippen LogP contribution in [0.3, 0.4) is 0 Å². The van der Waals surface area contributed by atoms with Crippen molar-refractivity contribution >= 4 is 17.4 Å². The summed E-state index contributed by atoms with van der Waals surface area (Å²) in [6.07, 6.45) is 0.650. The number of nitrogens with one attached hydrogen (secondary N) is 2. The van der Waals surface area contributed by atoms with Crippen LogP contribution in [-0.2, 0) is 0 Å². The zero-order valence-electron chi connectivity index (χ0n) is 14.3. The van der Waals surface area contributed by atoms with E-state index in [0.717, 1.165) is 22.7 Å². The maximum absolute atomic E-state index is 12.2. The zero-order chi connectivity index (χ0) is 17.5. The van der Waals surface area contributed by atoms with Crippen LogP contribution in [-0.4, -0.2) is 22.2 Å². The molecule has 0 aliphatic heterocycles. The van der Waals surface area contributed by atoms with Crippen molar-refractivity contribution in [3.63, 3.8) is 0 Å². The Hall–Kier alpha value is -1.92. The number of amides is 2. The first-order valence-corrected chi connectivity index (χ1v) is 9.09. The van der Waals surface area contributed by atoms with E-state index >= 15 is 0 Å². The van der Waals surface area contributed by atoms with Crippen LogP contribution < -0.4 is 10.6 Å². The van der Waals surface area contributed by atoms with Crippen molar-refractivity contribution in [1.29, 1.82) is 0 Å². The van der Waals surface area contributed by atoms with Gasteiger partial charge in [-0.1, -0.05) is 37.3 Å². The molecule has 0 bridgehead atoms. The van der Waals surface area contributed by atoms with Gasteiger partial charge in [0.2, 0.25) is 0 Å². The fraction of sp³-hybridized carbons (Fsp3) is 0.444. The highest BCUT2D eigenvalue weighted by Crippen LogP contribution is 2.21. The van der Waals surface area contributed by atoms with Crippen molar-refractivity contribution in [2.24, 2.45) is 0 Å². The van der Waals surface area contributed by atoms with Crippen molar-refractivity contribution in [1.82, 2.24) is 15.6 Å². The topological polar surface area (TPSA) is 74.2 Å². The highest BCUT2D eigenvalue weighted by atomic mass is 32.1. The maximum atomic E-state index is 12.2. The summed E-state index contributed by atoms with van der Waals surface area (Å²) in [4.78, 5) is 16.6. The molecule has 130 valence electrons. The first-order chi connectivity index (χ1) is 11.5. The van der Waals surface area contributed by atoms with Gasteiger partial charge in [0.25, 0.3) is 0 Å². The summed E-state index contributed by atoms with van der Waals surface area (Å²) in [6, 6.07) is 9.01. The second kappa shape index (κ2) is 8.80. The molecule has 2 rings (SSSR count). The Kier molecular flexibility index (Phi) is 6.75. The van der Waals surface area contributed by atoms with E-state index in [4.69, 9.17) is 0 Å². The molecule has 2 aromatic rings. The highest BCUT2D eigenvalue weighted by molar-refractivity contribution is 7.09. The zero-order valence-corrected chi connectivity index (χ0v) is 15.1. The van der Waals surface area contributed by atoms with E-state index in [2.05, 4.69) is 15.6 Å². The van der Waals surface area contributed by atoms with Gasteiger partial charge in [-0.15, -0.1) is 11.3 Å². The van der Waals surface area contributed by atoms with Crippen molar-refractivity contribution in [2.45, 2.75) is 51.8 Å². The third kappa shape index (κ3) is 5.32. The third-order valence-corrected chi connectivity index (χ3v) is 4.86. The SMILES string of the molecule is CC[C@H](NC(=O)N[C@H](C)C[C@H](O)c1ccccc1)c1nc(C)cs1. The molecule has 3 N–H and O–H groups in total. The van der Waals surface area contributed by atoms with Crippen molar-refractivity contribution in [3.8, 4) is 0 Å². The van der Waals surface area contributed by atoms with Gasteiger partial charge < -0.3 is 15.7 Å². The van der Waals surface area contributed by atoms with Gasteiger partial charge in [-0.05, 0) is 32.3 Å². The Labute approximate surface area is 147 Å². The summed E-state index contributed by atoms with van der Waals surface area (Å²) in [5, 5.41) is 19.0. The molecule has 0 aliphatic carbocycles. The fourth-order valence-electron chi connectivity index (χ4n) is 2.50. The number of benzene rings is 1. The Bertz CT molecular complexity index is 645. The van der Waals surface area contributed by atoms with Crippen molar-refractivity contribution in [2.75, 3.05) is 0 Å². The predicted molar refractivity (Wildman–Crippen MR) is 97.0 cm³/mol. The molecule has 6 heteroatoms. The molecule has 1 heterocycles. The molecule has 3 atom stereocenters. The molecule has 0 spiro atoms. The molecule has 0 aliphatic rings. The Balaban J connectivity index is 1.84. The molecule has 0 unspecified atom stereocenters. The number of carbonyl (C=O) groups is 1. The number of urea groups is 1. The number of carbonyl (C=O) groups excluding carboxylic acids is 1.